The first kappa shape index (κ1) is 24.7. The Morgan fingerprint density at radius 1 is 1.31 bits per heavy atom. The van der Waals surface area contributed by atoms with Crippen LogP contribution < -0.4 is 11.1 Å². The molecule has 0 spiro atoms. The molecule has 0 saturated carbocycles. The molecule has 0 bridgehead atoms. The van der Waals surface area contributed by atoms with E-state index in [2.05, 4.69) is 5.32 Å². The lowest BCUT2D eigenvalue weighted by Crippen LogP contribution is -2.24. The topological polar surface area (TPSA) is 99.9 Å². The minimum Gasteiger partial charge on any atom is -0.466 e. The molecule has 1 atom stereocenters. The molecule has 0 aliphatic carbocycles. The van der Waals surface area contributed by atoms with Crippen LogP contribution in [0.2, 0.25) is 5.02 Å². The number of carbonyl (C=O) groups excluding carboxylic acids is 2. The molecule has 3 N–H and O–H groups in total. The Morgan fingerprint density at radius 2 is 2.00 bits per heavy atom. The van der Waals surface area contributed by atoms with E-state index in [0.717, 1.165) is 5.56 Å². The summed E-state index contributed by atoms with van der Waals surface area (Å²) in [6.45, 7) is 6.32. The number of benzene rings is 1. The molecule has 8 heteroatoms. The first-order valence-corrected chi connectivity index (χ1v) is 9.69. The van der Waals surface area contributed by atoms with Crippen LogP contribution in [0.15, 0.2) is 47.3 Å². The number of allylic oxidation sites excluding steroid dienone is 1. The van der Waals surface area contributed by atoms with Gasteiger partial charge in [-0.25, -0.2) is 9.59 Å². The summed E-state index contributed by atoms with van der Waals surface area (Å²) in [5, 5.41) is 3.63. The second-order valence-electron chi connectivity index (χ2n) is 6.16. The first-order valence-electron chi connectivity index (χ1n) is 9.31. The van der Waals surface area contributed by atoms with Gasteiger partial charge in [-0.2, -0.15) is 0 Å². The van der Waals surface area contributed by atoms with Gasteiger partial charge in [-0.1, -0.05) is 36.7 Å². The van der Waals surface area contributed by atoms with E-state index in [1.165, 1.54) is 13.2 Å². The largest absolute Gasteiger partial charge is 0.466 e. The Labute approximate surface area is 176 Å². The zero-order valence-corrected chi connectivity index (χ0v) is 18.0. The summed E-state index contributed by atoms with van der Waals surface area (Å²) < 4.78 is 15.4. The fourth-order valence-electron chi connectivity index (χ4n) is 2.76. The van der Waals surface area contributed by atoms with Gasteiger partial charge in [-0.15, -0.1) is 0 Å². The smallest absolute Gasteiger partial charge is 0.336 e. The molecular formula is C21H29ClN2O5. The lowest BCUT2D eigenvalue weighted by atomic mass is 9.91. The van der Waals surface area contributed by atoms with E-state index in [-0.39, 0.29) is 19.1 Å². The molecule has 0 saturated heterocycles. The van der Waals surface area contributed by atoms with Crippen LogP contribution in [0.25, 0.3) is 0 Å². The molecule has 0 aromatic heterocycles. The Morgan fingerprint density at radius 3 is 2.59 bits per heavy atom. The highest BCUT2D eigenvalue weighted by Crippen LogP contribution is 2.31. The fourth-order valence-corrected chi connectivity index (χ4v) is 3.06. The number of hydrogen-bond acceptors (Lipinski definition) is 7. The molecule has 0 fully saturated rings. The van der Waals surface area contributed by atoms with Crippen LogP contribution in [-0.4, -0.2) is 45.4 Å². The molecule has 0 aliphatic rings. The van der Waals surface area contributed by atoms with E-state index < -0.39 is 11.9 Å². The summed E-state index contributed by atoms with van der Waals surface area (Å²) in [5.74, 6) is -1.36. The van der Waals surface area contributed by atoms with E-state index in [1.54, 1.807) is 19.9 Å². The predicted octanol–water partition coefficient (Wildman–Crippen LogP) is 2.90. The van der Waals surface area contributed by atoms with Crippen molar-refractivity contribution in [2.24, 2.45) is 5.73 Å². The molecule has 1 unspecified atom stereocenters. The summed E-state index contributed by atoms with van der Waals surface area (Å²) in [4.78, 5) is 24.4. The number of nitrogens with one attached hydrogen (secondary N) is 1. The highest BCUT2D eigenvalue weighted by molar-refractivity contribution is 6.31. The second kappa shape index (κ2) is 13.0. The van der Waals surface area contributed by atoms with Crippen molar-refractivity contribution in [3.63, 3.8) is 0 Å². The minimum atomic E-state index is -0.516. The van der Waals surface area contributed by atoms with E-state index >= 15 is 0 Å². The maximum Gasteiger partial charge on any atom is 0.336 e. The molecule has 0 amide bonds. The van der Waals surface area contributed by atoms with Gasteiger partial charge in [0.15, 0.2) is 0 Å². The van der Waals surface area contributed by atoms with Crippen molar-refractivity contribution in [2.45, 2.75) is 26.7 Å². The number of nitrogens with two attached hydrogens (primary N) is 1. The van der Waals surface area contributed by atoms with Crippen molar-refractivity contribution in [3.05, 3.63) is 57.9 Å². The van der Waals surface area contributed by atoms with Gasteiger partial charge in [-0.05, 0) is 25.5 Å². The summed E-state index contributed by atoms with van der Waals surface area (Å²) in [5.41, 5.74) is 7.56. The van der Waals surface area contributed by atoms with Gasteiger partial charge in [0.25, 0.3) is 0 Å². The van der Waals surface area contributed by atoms with Crippen molar-refractivity contribution < 1.29 is 23.8 Å². The van der Waals surface area contributed by atoms with Gasteiger partial charge < -0.3 is 25.3 Å². The normalized spacial score (nSPS) is 13.4. The highest BCUT2D eigenvalue weighted by atomic mass is 35.5. The van der Waals surface area contributed by atoms with Crippen LogP contribution in [0.1, 0.15) is 32.3 Å². The van der Waals surface area contributed by atoms with Crippen molar-refractivity contribution in [1.29, 1.82) is 0 Å². The quantitative estimate of drug-likeness (QED) is 0.320. The minimum absolute atomic E-state index is 0.0995. The van der Waals surface area contributed by atoms with Gasteiger partial charge in [-0.3, -0.25) is 0 Å². The molecule has 1 aromatic carbocycles. The van der Waals surface area contributed by atoms with E-state index in [1.807, 2.05) is 25.1 Å². The Bertz CT molecular complexity index is 761. The summed E-state index contributed by atoms with van der Waals surface area (Å²) in [7, 11) is 1.31. The summed E-state index contributed by atoms with van der Waals surface area (Å²) in [6, 6.07) is 7.28. The molecule has 7 nitrogen and oxygen atoms in total. The monoisotopic (exact) mass is 424 g/mol. The SMILES string of the molecule is CCOC(=O)/C=C(\COCCN)N/C(C)=C(/C(=O)OC)C(C)c1ccccc1Cl. The molecule has 1 aromatic rings. The summed E-state index contributed by atoms with van der Waals surface area (Å²) in [6.07, 6.45) is 1.29. The number of esters is 2. The molecule has 0 aliphatic heterocycles. The third kappa shape index (κ3) is 7.89. The third-order valence-electron chi connectivity index (χ3n) is 4.06. The average Bonchev–Trinajstić information content (AvgIpc) is 2.68. The van der Waals surface area contributed by atoms with Crippen molar-refractivity contribution in [2.75, 3.05) is 33.5 Å². The highest BCUT2D eigenvalue weighted by Gasteiger charge is 2.24. The molecule has 160 valence electrons. The number of ether oxygens (including phenoxy) is 3. The second-order valence-corrected chi connectivity index (χ2v) is 6.57. The third-order valence-corrected chi connectivity index (χ3v) is 4.40. The zero-order chi connectivity index (χ0) is 21.8. The predicted molar refractivity (Wildman–Crippen MR) is 112 cm³/mol. The van der Waals surface area contributed by atoms with Gasteiger partial charge in [0.2, 0.25) is 0 Å². The van der Waals surface area contributed by atoms with Gasteiger partial charge >= 0.3 is 11.9 Å². The Balaban J connectivity index is 3.27. The van der Waals surface area contributed by atoms with Crippen LogP contribution in [0.3, 0.4) is 0 Å². The molecule has 1 rings (SSSR count). The van der Waals surface area contributed by atoms with Crippen LogP contribution in [0.4, 0.5) is 0 Å². The Hall–Kier alpha value is -2.35. The zero-order valence-electron chi connectivity index (χ0n) is 17.3. The van der Waals surface area contributed by atoms with E-state index in [0.29, 0.717) is 35.1 Å². The van der Waals surface area contributed by atoms with E-state index in [4.69, 9.17) is 31.5 Å². The van der Waals surface area contributed by atoms with Crippen molar-refractivity contribution in [1.82, 2.24) is 5.32 Å². The fraction of sp³-hybridized carbons (Fsp3) is 0.429. The molecular weight excluding hydrogens is 396 g/mol. The van der Waals surface area contributed by atoms with E-state index in [9.17, 15) is 9.59 Å². The first-order chi connectivity index (χ1) is 13.8. The van der Waals surface area contributed by atoms with Crippen LogP contribution in [-0.2, 0) is 23.8 Å². The maximum absolute atomic E-state index is 12.5. The number of halogens is 1. The molecule has 0 radical (unpaired) electrons. The standard InChI is InChI=1S/C21H29ClN2O5/c1-5-29-19(25)12-16(13-28-11-10-23)24-15(3)20(21(26)27-4)14(2)17-8-6-7-9-18(17)22/h6-9,12,14,24H,5,10-11,13,23H2,1-4H3/b16-12+,20-15+. The summed E-state index contributed by atoms with van der Waals surface area (Å²) >= 11 is 6.31. The lowest BCUT2D eigenvalue weighted by Gasteiger charge is -2.21. The van der Waals surface area contributed by atoms with Crippen LogP contribution in [0, 0.1) is 0 Å². The number of hydrogen-bond donors (Lipinski definition) is 2. The van der Waals surface area contributed by atoms with Crippen molar-refractivity contribution in [3.8, 4) is 0 Å². The van der Waals surface area contributed by atoms with Crippen molar-refractivity contribution >= 4 is 23.5 Å². The Kier molecular flexibility index (Phi) is 11.1. The number of rotatable bonds is 11. The molecule has 0 heterocycles. The van der Waals surface area contributed by atoms with Gasteiger partial charge in [0.1, 0.15) is 0 Å². The number of carbonyl (C=O) groups is 2. The molecule has 29 heavy (non-hydrogen) atoms. The van der Waals surface area contributed by atoms with Gasteiger partial charge in [0, 0.05) is 35.0 Å². The van der Waals surface area contributed by atoms with Gasteiger partial charge in [0.05, 0.1) is 32.5 Å². The lowest BCUT2D eigenvalue weighted by molar-refractivity contribution is -0.137. The number of methoxy groups -OCH3 is 1. The van der Waals surface area contributed by atoms with Crippen LogP contribution >= 0.6 is 11.6 Å². The average molecular weight is 425 g/mol. The maximum atomic E-state index is 12.5. The van der Waals surface area contributed by atoms with Crippen LogP contribution in [0.5, 0.6) is 0 Å².